The molecular formula is C21H21N3O3. The van der Waals surface area contributed by atoms with Gasteiger partial charge < -0.3 is 9.47 Å². The molecular weight excluding hydrogens is 342 g/mol. The first-order valence-electron chi connectivity index (χ1n) is 8.47. The SMILES string of the molecule is COc1ccc(/C(C)=N\NC(=O)c2cc(C)nc3ccccc23)cc1OC. The topological polar surface area (TPSA) is 72.8 Å². The predicted octanol–water partition coefficient (Wildman–Crippen LogP) is 3.71. The minimum absolute atomic E-state index is 0.281. The minimum Gasteiger partial charge on any atom is -0.493 e. The smallest absolute Gasteiger partial charge is 0.272 e. The number of nitrogens with zero attached hydrogens (tertiary/aromatic N) is 2. The lowest BCUT2D eigenvalue weighted by Crippen LogP contribution is -2.20. The Morgan fingerprint density at radius 2 is 1.78 bits per heavy atom. The van der Waals surface area contributed by atoms with Gasteiger partial charge in [-0.1, -0.05) is 18.2 Å². The van der Waals surface area contributed by atoms with Crippen LogP contribution in [0.15, 0.2) is 53.6 Å². The summed E-state index contributed by atoms with van der Waals surface area (Å²) in [6.07, 6.45) is 0. The van der Waals surface area contributed by atoms with Crippen LogP contribution in [0.2, 0.25) is 0 Å². The van der Waals surface area contributed by atoms with Crippen molar-refractivity contribution in [3.63, 3.8) is 0 Å². The van der Waals surface area contributed by atoms with Crippen molar-refractivity contribution < 1.29 is 14.3 Å². The summed E-state index contributed by atoms with van der Waals surface area (Å²) in [7, 11) is 3.16. The number of amides is 1. The number of carbonyl (C=O) groups is 1. The van der Waals surface area contributed by atoms with E-state index in [2.05, 4.69) is 15.5 Å². The maximum atomic E-state index is 12.7. The summed E-state index contributed by atoms with van der Waals surface area (Å²) >= 11 is 0. The maximum Gasteiger partial charge on any atom is 0.272 e. The molecule has 27 heavy (non-hydrogen) atoms. The van der Waals surface area contributed by atoms with Gasteiger partial charge in [-0.3, -0.25) is 9.78 Å². The van der Waals surface area contributed by atoms with Gasteiger partial charge in [0.25, 0.3) is 5.91 Å². The lowest BCUT2D eigenvalue weighted by Gasteiger charge is -2.10. The van der Waals surface area contributed by atoms with Crippen molar-refractivity contribution in [1.82, 2.24) is 10.4 Å². The van der Waals surface area contributed by atoms with E-state index in [0.717, 1.165) is 22.2 Å². The molecule has 1 amide bonds. The highest BCUT2D eigenvalue weighted by atomic mass is 16.5. The Bertz CT molecular complexity index is 1030. The number of aromatic nitrogens is 1. The van der Waals surface area contributed by atoms with E-state index in [1.54, 1.807) is 26.4 Å². The van der Waals surface area contributed by atoms with Gasteiger partial charge in [0, 0.05) is 16.6 Å². The van der Waals surface area contributed by atoms with Crippen LogP contribution in [0.25, 0.3) is 10.9 Å². The first-order chi connectivity index (χ1) is 13.0. The van der Waals surface area contributed by atoms with Crippen molar-refractivity contribution in [2.75, 3.05) is 14.2 Å². The molecule has 0 spiro atoms. The molecule has 3 aromatic rings. The molecule has 0 bridgehead atoms. The van der Waals surface area contributed by atoms with Gasteiger partial charge in [0.15, 0.2) is 11.5 Å². The van der Waals surface area contributed by atoms with E-state index in [1.165, 1.54) is 0 Å². The van der Waals surface area contributed by atoms with Crippen LogP contribution in [-0.4, -0.2) is 30.8 Å². The van der Waals surface area contributed by atoms with Crippen LogP contribution >= 0.6 is 0 Å². The van der Waals surface area contributed by atoms with Crippen LogP contribution < -0.4 is 14.9 Å². The van der Waals surface area contributed by atoms with Crippen molar-refractivity contribution in [2.24, 2.45) is 5.10 Å². The summed E-state index contributed by atoms with van der Waals surface area (Å²) in [4.78, 5) is 17.1. The second-order valence-electron chi connectivity index (χ2n) is 6.04. The van der Waals surface area contributed by atoms with Gasteiger partial charge in [-0.05, 0) is 44.2 Å². The number of hydrogen-bond donors (Lipinski definition) is 1. The number of methoxy groups -OCH3 is 2. The maximum absolute atomic E-state index is 12.7. The fraction of sp³-hybridized carbons (Fsp3) is 0.190. The third-order valence-electron chi connectivity index (χ3n) is 4.22. The standard InChI is InChI=1S/C21H21N3O3/c1-13-11-17(16-7-5-6-8-18(16)22-13)21(25)24-23-14(2)15-9-10-19(26-3)20(12-15)27-4/h5-12H,1-4H3,(H,24,25)/b23-14-. The van der Waals surface area contributed by atoms with E-state index in [4.69, 9.17) is 9.47 Å². The van der Waals surface area contributed by atoms with E-state index < -0.39 is 0 Å². The average Bonchev–Trinajstić information content (AvgIpc) is 2.70. The highest BCUT2D eigenvalue weighted by Gasteiger charge is 2.12. The third-order valence-corrected chi connectivity index (χ3v) is 4.22. The Morgan fingerprint density at radius 1 is 1.04 bits per heavy atom. The molecule has 0 aliphatic rings. The molecule has 0 fully saturated rings. The number of carbonyl (C=O) groups excluding carboxylic acids is 1. The number of hydrogen-bond acceptors (Lipinski definition) is 5. The Hall–Kier alpha value is -3.41. The van der Waals surface area contributed by atoms with Gasteiger partial charge >= 0.3 is 0 Å². The highest BCUT2D eigenvalue weighted by molar-refractivity contribution is 6.07. The second kappa shape index (κ2) is 7.86. The summed E-state index contributed by atoms with van der Waals surface area (Å²) in [5.41, 5.74) is 6.21. The van der Waals surface area contributed by atoms with Crippen LogP contribution in [0.3, 0.4) is 0 Å². The van der Waals surface area contributed by atoms with E-state index in [-0.39, 0.29) is 5.91 Å². The molecule has 3 rings (SSSR count). The van der Waals surface area contributed by atoms with Crippen LogP contribution in [0.1, 0.15) is 28.5 Å². The van der Waals surface area contributed by atoms with Crippen LogP contribution in [0.5, 0.6) is 11.5 Å². The number of pyridine rings is 1. The molecule has 0 saturated heterocycles. The lowest BCUT2D eigenvalue weighted by atomic mass is 10.1. The van der Waals surface area contributed by atoms with E-state index >= 15 is 0 Å². The Kier molecular flexibility index (Phi) is 5.35. The fourth-order valence-electron chi connectivity index (χ4n) is 2.82. The molecule has 0 radical (unpaired) electrons. The first-order valence-corrected chi connectivity index (χ1v) is 8.47. The van der Waals surface area contributed by atoms with Crippen LogP contribution in [-0.2, 0) is 0 Å². The number of aryl methyl sites for hydroxylation is 1. The Balaban J connectivity index is 1.87. The number of ether oxygens (including phenoxy) is 2. The summed E-state index contributed by atoms with van der Waals surface area (Å²) in [6, 6.07) is 14.8. The molecule has 6 nitrogen and oxygen atoms in total. The van der Waals surface area contributed by atoms with Gasteiger partial charge in [-0.25, -0.2) is 5.43 Å². The molecule has 1 heterocycles. The predicted molar refractivity (Wildman–Crippen MR) is 106 cm³/mol. The van der Waals surface area contributed by atoms with E-state index in [0.29, 0.717) is 22.8 Å². The minimum atomic E-state index is -0.281. The number of para-hydroxylation sites is 1. The average molecular weight is 363 g/mol. The first kappa shape index (κ1) is 18.4. The van der Waals surface area contributed by atoms with Crippen molar-refractivity contribution in [1.29, 1.82) is 0 Å². The monoisotopic (exact) mass is 363 g/mol. The normalized spacial score (nSPS) is 11.3. The quantitative estimate of drug-likeness (QED) is 0.554. The van der Waals surface area contributed by atoms with Crippen LogP contribution in [0.4, 0.5) is 0 Å². The molecule has 2 aromatic carbocycles. The summed E-state index contributed by atoms with van der Waals surface area (Å²) < 4.78 is 10.5. The fourth-order valence-corrected chi connectivity index (χ4v) is 2.82. The summed E-state index contributed by atoms with van der Waals surface area (Å²) in [5, 5.41) is 5.03. The van der Waals surface area contributed by atoms with E-state index in [9.17, 15) is 4.79 Å². The Morgan fingerprint density at radius 3 is 2.52 bits per heavy atom. The van der Waals surface area contributed by atoms with Gasteiger partial charge in [-0.15, -0.1) is 0 Å². The third kappa shape index (κ3) is 3.89. The molecule has 6 heteroatoms. The molecule has 0 unspecified atom stereocenters. The molecule has 0 aliphatic carbocycles. The van der Waals surface area contributed by atoms with Crippen molar-refractivity contribution in [3.05, 3.63) is 65.4 Å². The number of nitrogens with one attached hydrogen (secondary N) is 1. The number of rotatable bonds is 5. The second-order valence-corrected chi connectivity index (χ2v) is 6.04. The molecule has 0 saturated carbocycles. The van der Waals surface area contributed by atoms with Crippen LogP contribution in [0, 0.1) is 6.92 Å². The van der Waals surface area contributed by atoms with E-state index in [1.807, 2.05) is 50.2 Å². The number of benzene rings is 2. The lowest BCUT2D eigenvalue weighted by molar-refractivity contribution is 0.0956. The number of fused-ring (bicyclic) bond motifs is 1. The van der Waals surface area contributed by atoms with Gasteiger partial charge in [-0.2, -0.15) is 5.10 Å². The van der Waals surface area contributed by atoms with Gasteiger partial charge in [0.05, 0.1) is 31.0 Å². The zero-order chi connectivity index (χ0) is 19.4. The molecule has 138 valence electrons. The molecule has 1 N–H and O–H groups in total. The molecule has 0 atom stereocenters. The Labute approximate surface area is 157 Å². The zero-order valence-corrected chi connectivity index (χ0v) is 15.7. The van der Waals surface area contributed by atoms with Crippen molar-refractivity contribution >= 4 is 22.5 Å². The zero-order valence-electron chi connectivity index (χ0n) is 15.7. The van der Waals surface area contributed by atoms with Crippen molar-refractivity contribution in [3.8, 4) is 11.5 Å². The van der Waals surface area contributed by atoms with Crippen molar-refractivity contribution in [2.45, 2.75) is 13.8 Å². The molecule has 0 aliphatic heterocycles. The summed E-state index contributed by atoms with van der Waals surface area (Å²) in [5.74, 6) is 0.958. The largest absolute Gasteiger partial charge is 0.493 e. The highest BCUT2D eigenvalue weighted by Crippen LogP contribution is 2.27. The van der Waals surface area contributed by atoms with Gasteiger partial charge in [0.2, 0.25) is 0 Å². The van der Waals surface area contributed by atoms with Gasteiger partial charge in [0.1, 0.15) is 0 Å². The summed E-state index contributed by atoms with van der Waals surface area (Å²) in [6.45, 7) is 3.68. The molecule has 1 aromatic heterocycles. The number of hydrazone groups is 1.